The molecular weight excluding hydrogens is 306 g/mol. The minimum atomic E-state index is 0.208. The Morgan fingerprint density at radius 2 is 1.59 bits per heavy atom. The molecule has 0 bridgehead atoms. The van der Waals surface area contributed by atoms with Gasteiger partial charge >= 0.3 is 0 Å². The van der Waals surface area contributed by atoms with Gasteiger partial charge in [-0.25, -0.2) is 9.97 Å². The van der Waals surface area contributed by atoms with E-state index in [9.17, 15) is 0 Å². The molecule has 0 spiro atoms. The number of benzene rings is 1. The Hall–Kier alpha value is -2.41. The standard InChI is InChI=1S/C14H16ClN5O2/c1-7-13(8(2)18-14(16)17-7)20-19-10-6-11(21-3)9(15)5-12(10)22-4/h5-6H,1-4H3,(H2,16,17,18). The molecule has 1 aromatic carbocycles. The molecule has 0 radical (unpaired) electrons. The van der Waals surface area contributed by atoms with Gasteiger partial charge in [0.15, 0.2) is 0 Å². The number of hydrogen-bond donors (Lipinski definition) is 1. The van der Waals surface area contributed by atoms with E-state index in [0.717, 1.165) is 0 Å². The summed E-state index contributed by atoms with van der Waals surface area (Å²) in [6.45, 7) is 3.58. The molecule has 0 fully saturated rings. The van der Waals surface area contributed by atoms with Crippen molar-refractivity contribution in [2.75, 3.05) is 20.0 Å². The highest BCUT2D eigenvalue weighted by atomic mass is 35.5. The Morgan fingerprint density at radius 1 is 1.00 bits per heavy atom. The highest BCUT2D eigenvalue weighted by molar-refractivity contribution is 6.32. The lowest BCUT2D eigenvalue weighted by molar-refractivity contribution is 0.404. The van der Waals surface area contributed by atoms with Crippen LogP contribution in [0.25, 0.3) is 0 Å². The first kappa shape index (κ1) is 16.0. The van der Waals surface area contributed by atoms with Gasteiger partial charge in [-0.3, -0.25) is 0 Å². The molecule has 0 aliphatic carbocycles. The molecule has 8 heteroatoms. The maximum atomic E-state index is 6.05. The molecule has 2 N–H and O–H groups in total. The maximum Gasteiger partial charge on any atom is 0.220 e. The molecule has 0 unspecified atom stereocenters. The van der Waals surface area contributed by atoms with Gasteiger partial charge in [0.1, 0.15) is 22.9 Å². The average molecular weight is 322 g/mol. The van der Waals surface area contributed by atoms with Crippen LogP contribution >= 0.6 is 11.6 Å². The number of hydrogen-bond acceptors (Lipinski definition) is 7. The van der Waals surface area contributed by atoms with Crippen LogP contribution in [0.4, 0.5) is 17.3 Å². The number of azo groups is 1. The Labute approximate surface area is 133 Å². The molecule has 22 heavy (non-hydrogen) atoms. The van der Waals surface area contributed by atoms with Crippen LogP contribution in [0, 0.1) is 13.8 Å². The number of nitrogens with zero attached hydrogens (tertiary/aromatic N) is 4. The van der Waals surface area contributed by atoms with Gasteiger partial charge in [-0.2, -0.15) is 0 Å². The zero-order valence-corrected chi connectivity index (χ0v) is 13.5. The molecule has 0 saturated heterocycles. The van der Waals surface area contributed by atoms with E-state index in [4.69, 9.17) is 26.8 Å². The van der Waals surface area contributed by atoms with Crippen molar-refractivity contribution in [1.82, 2.24) is 9.97 Å². The van der Waals surface area contributed by atoms with Crippen molar-refractivity contribution in [2.45, 2.75) is 13.8 Å². The van der Waals surface area contributed by atoms with Crippen molar-refractivity contribution in [1.29, 1.82) is 0 Å². The van der Waals surface area contributed by atoms with Crippen LogP contribution in [0.1, 0.15) is 11.4 Å². The van der Waals surface area contributed by atoms with Gasteiger partial charge < -0.3 is 15.2 Å². The molecule has 116 valence electrons. The van der Waals surface area contributed by atoms with Crippen molar-refractivity contribution in [3.05, 3.63) is 28.5 Å². The summed E-state index contributed by atoms with van der Waals surface area (Å²) in [5.41, 5.74) is 7.93. The third kappa shape index (κ3) is 3.25. The van der Waals surface area contributed by atoms with E-state index in [1.165, 1.54) is 14.2 Å². The van der Waals surface area contributed by atoms with Gasteiger partial charge in [0.25, 0.3) is 0 Å². The Kier molecular flexibility index (Phi) is 4.77. The first-order valence-corrected chi connectivity index (χ1v) is 6.78. The number of aromatic nitrogens is 2. The van der Waals surface area contributed by atoms with Crippen LogP contribution in [0.15, 0.2) is 22.4 Å². The topological polar surface area (TPSA) is 95.0 Å². The summed E-state index contributed by atoms with van der Waals surface area (Å²) >= 11 is 6.05. The third-order valence-corrected chi connectivity index (χ3v) is 3.26. The summed E-state index contributed by atoms with van der Waals surface area (Å²) in [7, 11) is 3.05. The molecule has 1 heterocycles. The first-order chi connectivity index (χ1) is 10.5. The third-order valence-electron chi connectivity index (χ3n) is 2.96. The van der Waals surface area contributed by atoms with Gasteiger partial charge in [0.2, 0.25) is 5.95 Å². The summed E-state index contributed by atoms with van der Waals surface area (Å²) in [6.07, 6.45) is 0. The molecule has 0 atom stereocenters. The smallest absolute Gasteiger partial charge is 0.220 e. The fourth-order valence-electron chi connectivity index (χ4n) is 1.91. The number of anilines is 1. The molecule has 2 rings (SSSR count). The van der Waals surface area contributed by atoms with Crippen LogP contribution in [0.5, 0.6) is 11.5 Å². The van der Waals surface area contributed by atoms with E-state index in [-0.39, 0.29) is 5.95 Å². The Bertz CT molecular complexity index is 710. The summed E-state index contributed by atoms with van der Waals surface area (Å²) in [5, 5.41) is 8.82. The lowest BCUT2D eigenvalue weighted by Gasteiger charge is -2.08. The van der Waals surface area contributed by atoms with E-state index in [1.54, 1.807) is 26.0 Å². The second-order valence-electron chi connectivity index (χ2n) is 4.46. The quantitative estimate of drug-likeness (QED) is 0.865. The highest BCUT2D eigenvalue weighted by Crippen LogP contribution is 2.38. The minimum absolute atomic E-state index is 0.208. The predicted octanol–water partition coefficient (Wildman–Crippen LogP) is 3.76. The molecule has 2 aromatic rings. The van der Waals surface area contributed by atoms with Crippen LogP contribution in [-0.4, -0.2) is 24.2 Å². The van der Waals surface area contributed by atoms with Crippen LogP contribution < -0.4 is 15.2 Å². The van der Waals surface area contributed by atoms with Crippen molar-refractivity contribution in [3.8, 4) is 11.5 Å². The van der Waals surface area contributed by atoms with Gasteiger partial charge in [0, 0.05) is 12.1 Å². The fourth-order valence-corrected chi connectivity index (χ4v) is 2.14. The SMILES string of the molecule is COc1cc(N=Nc2c(C)nc(N)nc2C)c(OC)cc1Cl. The van der Waals surface area contributed by atoms with Crippen LogP contribution in [-0.2, 0) is 0 Å². The summed E-state index contributed by atoms with van der Waals surface area (Å²) < 4.78 is 10.4. The molecule has 0 aliphatic rings. The second kappa shape index (κ2) is 6.57. The lowest BCUT2D eigenvalue weighted by atomic mass is 10.2. The van der Waals surface area contributed by atoms with Gasteiger partial charge in [-0.15, -0.1) is 10.2 Å². The molecule has 1 aromatic heterocycles. The fraction of sp³-hybridized carbons (Fsp3) is 0.286. The van der Waals surface area contributed by atoms with E-state index >= 15 is 0 Å². The van der Waals surface area contributed by atoms with E-state index in [2.05, 4.69) is 20.2 Å². The number of halogens is 1. The zero-order chi connectivity index (χ0) is 16.3. The number of methoxy groups -OCH3 is 2. The molecular formula is C14H16ClN5O2. The first-order valence-electron chi connectivity index (χ1n) is 6.40. The summed E-state index contributed by atoms with van der Waals surface area (Å²) in [6, 6.07) is 3.27. The number of nitrogens with two attached hydrogens (primary N) is 1. The number of aryl methyl sites for hydroxylation is 2. The predicted molar refractivity (Wildman–Crippen MR) is 84.7 cm³/mol. The molecule has 0 amide bonds. The lowest BCUT2D eigenvalue weighted by Crippen LogP contribution is -1.98. The van der Waals surface area contributed by atoms with Gasteiger partial charge in [-0.05, 0) is 13.8 Å². The van der Waals surface area contributed by atoms with E-state index in [1.807, 2.05) is 0 Å². The normalized spacial score (nSPS) is 11.0. The van der Waals surface area contributed by atoms with Gasteiger partial charge in [0.05, 0.1) is 30.6 Å². The monoisotopic (exact) mass is 321 g/mol. The Morgan fingerprint density at radius 3 is 2.14 bits per heavy atom. The van der Waals surface area contributed by atoms with Crippen molar-refractivity contribution < 1.29 is 9.47 Å². The number of rotatable bonds is 4. The highest BCUT2D eigenvalue weighted by Gasteiger charge is 2.11. The molecule has 0 saturated carbocycles. The summed E-state index contributed by atoms with van der Waals surface area (Å²) in [4.78, 5) is 8.15. The van der Waals surface area contributed by atoms with Crippen molar-refractivity contribution in [2.24, 2.45) is 10.2 Å². The average Bonchev–Trinajstić information content (AvgIpc) is 2.46. The Balaban J connectivity index is 2.46. The molecule has 0 aliphatic heterocycles. The zero-order valence-electron chi connectivity index (χ0n) is 12.7. The van der Waals surface area contributed by atoms with Crippen molar-refractivity contribution in [3.63, 3.8) is 0 Å². The summed E-state index contributed by atoms with van der Waals surface area (Å²) in [5.74, 6) is 1.18. The van der Waals surface area contributed by atoms with Crippen LogP contribution in [0.2, 0.25) is 5.02 Å². The van der Waals surface area contributed by atoms with Gasteiger partial charge in [-0.1, -0.05) is 11.6 Å². The van der Waals surface area contributed by atoms with Crippen LogP contribution in [0.3, 0.4) is 0 Å². The van der Waals surface area contributed by atoms with E-state index < -0.39 is 0 Å². The second-order valence-corrected chi connectivity index (χ2v) is 4.87. The number of nitrogen functional groups attached to an aromatic ring is 1. The minimum Gasteiger partial charge on any atom is -0.495 e. The van der Waals surface area contributed by atoms with Crippen molar-refractivity contribution >= 4 is 28.9 Å². The van der Waals surface area contributed by atoms with E-state index in [0.29, 0.717) is 39.3 Å². The number of ether oxygens (including phenoxy) is 2. The maximum absolute atomic E-state index is 6.05. The molecule has 7 nitrogen and oxygen atoms in total. The largest absolute Gasteiger partial charge is 0.495 e.